The third kappa shape index (κ3) is 29.0. The molecule has 0 bridgehead atoms. The zero-order valence-corrected chi connectivity index (χ0v) is 27.2. The molecule has 0 unspecified atom stereocenters. The largest absolute Gasteiger partial charge is 0.469 e. The number of amides is 1. The van der Waals surface area contributed by atoms with Gasteiger partial charge in [0.15, 0.2) is 0 Å². The fraction of sp³-hybridized carbons (Fsp3) is 0.969. The fourth-order valence-corrected chi connectivity index (χ4v) is 5.58. The number of phosphoric acid groups is 1. The van der Waals surface area contributed by atoms with Crippen LogP contribution >= 0.6 is 7.82 Å². The van der Waals surface area contributed by atoms with Crippen LogP contribution in [-0.2, 0) is 13.9 Å². The third-order valence-electron chi connectivity index (χ3n) is 7.84. The van der Waals surface area contributed by atoms with E-state index >= 15 is 0 Å². The zero-order valence-electron chi connectivity index (χ0n) is 26.3. The lowest BCUT2D eigenvalue weighted by atomic mass is 10.0. The van der Waals surface area contributed by atoms with Crippen LogP contribution in [0, 0.1) is 0 Å². The lowest BCUT2D eigenvalue weighted by molar-refractivity contribution is -0.123. The van der Waals surface area contributed by atoms with Crippen LogP contribution in [0.25, 0.3) is 0 Å². The van der Waals surface area contributed by atoms with Gasteiger partial charge in [0.05, 0.1) is 18.8 Å². The van der Waals surface area contributed by atoms with Gasteiger partial charge < -0.3 is 20.2 Å². The molecule has 0 spiro atoms. The lowest BCUT2D eigenvalue weighted by Gasteiger charge is -2.24. The quantitative estimate of drug-likeness (QED) is 0.0472. The predicted octanol–water partition coefficient (Wildman–Crippen LogP) is 9.12. The first-order chi connectivity index (χ1) is 19.3. The minimum Gasteiger partial charge on any atom is -0.391 e. The Morgan fingerprint density at radius 1 is 0.625 bits per heavy atom. The van der Waals surface area contributed by atoms with Crippen molar-refractivity contribution in [3.05, 3.63) is 0 Å². The number of carbonyl (C=O) groups excluding carboxylic acids is 1. The van der Waals surface area contributed by atoms with Crippen molar-refractivity contribution in [1.29, 1.82) is 0 Å². The molecule has 0 radical (unpaired) electrons. The van der Waals surface area contributed by atoms with Gasteiger partial charge in [-0.1, -0.05) is 162 Å². The molecule has 4 N–H and O–H groups in total. The monoisotopic (exact) mass is 591 g/mol. The summed E-state index contributed by atoms with van der Waals surface area (Å²) in [5, 5.41) is 13.4. The van der Waals surface area contributed by atoms with Gasteiger partial charge in [0.2, 0.25) is 5.91 Å². The van der Waals surface area contributed by atoms with Crippen LogP contribution in [0.4, 0.5) is 0 Å². The van der Waals surface area contributed by atoms with Crippen LogP contribution in [0.5, 0.6) is 0 Å². The molecule has 7 nitrogen and oxygen atoms in total. The van der Waals surface area contributed by atoms with E-state index in [0.29, 0.717) is 12.8 Å². The maximum Gasteiger partial charge on any atom is 0.469 e. The van der Waals surface area contributed by atoms with E-state index in [0.717, 1.165) is 38.5 Å². The van der Waals surface area contributed by atoms with Gasteiger partial charge in [-0.25, -0.2) is 4.57 Å². The molecule has 8 heteroatoms. The van der Waals surface area contributed by atoms with Crippen molar-refractivity contribution in [2.45, 2.75) is 193 Å². The maximum absolute atomic E-state index is 12.5. The molecule has 0 heterocycles. The highest BCUT2D eigenvalue weighted by molar-refractivity contribution is 7.46. The van der Waals surface area contributed by atoms with Crippen LogP contribution in [0.3, 0.4) is 0 Å². The molecule has 0 fully saturated rings. The Kier molecular flexibility index (Phi) is 28.3. The van der Waals surface area contributed by atoms with Gasteiger partial charge >= 0.3 is 7.82 Å². The number of aliphatic hydroxyl groups is 1. The zero-order chi connectivity index (χ0) is 29.7. The van der Waals surface area contributed by atoms with E-state index in [2.05, 4.69) is 23.7 Å². The SMILES string of the molecule is CCCCCCCCCCCCCCC(=O)N[C@@H](COP(=O)(O)O)[C@H](O)CCCCCCCCCCCCCC. The third-order valence-corrected chi connectivity index (χ3v) is 8.33. The Labute approximate surface area is 247 Å². The molecular formula is C32H66NO6P. The number of hydrogen-bond donors (Lipinski definition) is 4. The van der Waals surface area contributed by atoms with Gasteiger partial charge in [0, 0.05) is 6.42 Å². The Hall–Kier alpha value is -0.460. The molecule has 240 valence electrons. The number of aliphatic hydroxyl groups excluding tert-OH is 1. The summed E-state index contributed by atoms with van der Waals surface area (Å²) in [6, 6.07) is -0.815. The second kappa shape index (κ2) is 28.6. The maximum atomic E-state index is 12.5. The highest BCUT2D eigenvalue weighted by Crippen LogP contribution is 2.36. The summed E-state index contributed by atoms with van der Waals surface area (Å²) < 4.78 is 15.8. The second-order valence-corrected chi connectivity index (χ2v) is 13.1. The molecule has 40 heavy (non-hydrogen) atoms. The molecule has 0 saturated carbocycles. The molecule has 0 aromatic rings. The molecule has 2 atom stereocenters. The van der Waals surface area contributed by atoms with Gasteiger partial charge in [-0.05, 0) is 12.8 Å². The first-order valence-corrected chi connectivity index (χ1v) is 18.5. The van der Waals surface area contributed by atoms with E-state index in [1.165, 1.54) is 116 Å². The fourth-order valence-electron chi connectivity index (χ4n) is 5.23. The van der Waals surface area contributed by atoms with Crippen LogP contribution in [0.1, 0.15) is 181 Å². The number of hydrogen-bond acceptors (Lipinski definition) is 4. The molecule has 0 aliphatic heterocycles. The van der Waals surface area contributed by atoms with E-state index in [-0.39, 0.29) is 5.91 Å². The number of carbonyl (C=O) groups is 1. The van der Waals surface area contributed by atoms with E-state index < -0.39 is 26.6 Å². The first-order valence-electron chi connectivity index (χ1n) is 17.0. The molecule has 0 aromatic heterocycles. The summed E-state index contributed by atoms with van der Waals surface area (Å²) in [7, 11) is -4.67. The lowest BCUT2D eigenvalue weighted by Crippen LogP contribution is -2.46. The number of nitrogens with one attached hydrogen (secondary N) is 1. The minimum atomic E-state index is -4.67. The summed E-state index contributed by atoms with van der Waals surface area (Å²) >= 11 is 0. The van der Waals surface area contributed by atoms with Gasteiger partial charge in [-0.2, -0.15) is 0 Å². The Balaban J connectivity index is 4.02. The van der Waals surface area contributed by atoms with Gasteiger partial charge in [0.1, 0.15) is 0 Å². The molecular weight excluding hydrogens is 525 g/mol. The molecule has 0 aromatic carbocycles. The number of unbranched alkanes of at least 4 members (excludes halogenated alkanes) is 22. The summed E-state index contributed by atoms with van der Waals surface area (Å²) in [5.41, 5.74) is 0. The molecule has 1 amide bonds. The van der Waals surface area contributed by atoms with Crippen molar-refractivity contribution in [3.63, 3.8) is 0 Å². The topological polar surface area (TPSA) is 116 Å². The predicted molar refractivity (Wildman–Crippen MR) is 167 cm³/mol. The smallest absolute Gasteiger partial charge is 0.391 e. The van der Waals surface area contributed by atoms with Crippen molar-refractivity contribution in [2.24, 2.45) is 0 Å². The first kappa shape index (κ1) is 39.5. The van der Waals surface area contributed by atoms with Crippen LogP contribution in [0.15, 0.2) is 0 Å². The van der Waals surface area contributed by atoms with Crippen LogP contribution < -0.4 is 5.32 Å². The van der Waals surface area contributed by atoms with E-state index in [1.54, 1.807) is 0 Å². The van der Waals surface area contributed by atoms with Crippen molar-refractivity contribution in [3.8, 4) is 0 Å². The van der Waals surface area contributed by atoms with E-state index in [1.807, 2.05) is 0 Å². The summed E-state index contributed by atoms with van der Waals surface area (Å²) in [6.07, 6.45) is 29.3. The summed E-state index contributed by atoms with van der Waals surface area (Å²) in [4.78, 5) is 30.7. The molecule has 0 rings (SSSR count). The van der Waals surface area contributed by atoms with Gasteiger partial charge in [-0.15, -0.1) is 0 Å². The van der Waals surface area contributed by atoms with Crippen molar-refractivity contribution >= 4 is 13.7 Å². The molecule has 0 aliphatic carbocycles. The van der Waals surface area contributed by atoms with Gasteiger partial charge in [-0.3, -0.25) is 9.32 Å². The standard InChI is InChI=1S/C32H66NO6P/c1-3-5-7-9-11-13-15-17-19-21-23-25-27-31(34)30(29-39-40(36,37)38)33-32(35)28-26-24-22-20-18-16-14-12-10-8-6-4-2/h30-31,34H,3-29H2,1-2H3,(H,33,35)(H2,36,37,38)/t30-,31+/m0/s1. The average Bonchev–Trinajstić information content (AvgIpc) is 2.91. The van der Waals surface area contributed by atoms with Crippen molar-refractivity contribution in [1.82, 2.24) is 5.32 Å². The van der Waals surface area contributed by atoms with Crippen molar-refractivity contribution in [2.75, 3.05) is 6.61 Å². The number of rotatable bonds is 31. The van der Waals surface area contributed by atoms with E-state index in [4.69, 9.17) is 9.79 Å². The van der Waals surface area contributed by atoms with E-state index in [9.17, 15) is 14.5 Å². The van der Waals surface area contributed by atoms with Crippen LogP contribution in [0.2, 0.25) is 0 Å². The summed E-state index contributed by atoms with van der Waals surface area (Å²) in [5.74, 6) is -0.194. The van der Waals surface area contributed by atoms with Crippen molar-refractivity contribution < 1.29 is 28.8 Å². The van der Waals surface area contributed by atoms with Gasteiger partial charge in [0.25, 0.3) is 0 Å². The normalized spacial score (nSPS) is 13.4. The average molecular weight is 592 g/mol. The highest BCUT2D eigenvalue weighted by atomic mass is 31.2. The number of phosphoric ester groups is 1. The second-order valence-electron chi connectivity index (χ2n) is 11.8. The Bertz CT molecular complexity index is 600. The molecule has 0 aliphatic rings. The summed E-state index contributed by atoms with van der Waals surface area (Å²) in [6.45, 7) is 4.09. The Morgan fingerprint density at radius 2 is 0.975 bits per heavy atom. The van der Waals surface area contributed by atoms with Crippen LogP contribution in [-0.4, -0.2) is 39.6 Å². The highest BCUT2D eigenvalue weighted by Gasteiger charge is 2.25. The Morgan fingerprint density at radius 3 is 1.35 bits per heavy atom. The minimum absolute atomic E-state index is 0.194. The molecule has 0 saturated heterocycles.